The Kier molecular flexibility index (Phi) is 5.03. The smallest absolute Gasteiger partial charge is 0.125 e. The van der Waals surface area contributed by atoms with Gasteiger partial charge in [0.05, 0.1) is 0 Å². The van der Waals surface area contributed by atoms with E-state index < -0.39 is 0 Å². The van der Waals surface area contributed by atoms with Crippen LogP contribution >= 0.6 is 0 Å². The number of hydrogen-bond donors (Lipinski definition) is 2. The van der Waals surface area contributed by atoms with E-state index in [0.29, 0.717) is 6.54 Å². The molecule has 0 aliphatic heterocycles. The Hall–Kier alpha value is -1.09. The molecule has 0 spiro atoms. The molecular weight excluding hydrogens is 251 g/mol. The number of benzene rings is 1. The summed E-state index contributed by atoms with van der Waals surface area (Å²) >= 11 is 0. The molecule has 2 nitrogen and oxygen atoms in total. The van der Waals surface area contributed by atoms with E-state index in [0.717, 1.165) is 30.4 Å². The summed E-state index contributed by atoms with van der Waals surface area (Å²) in [5.41, 5.74) is 6.84. The molecule has 2 atom stereocenters. The zero-order valence-electron chi connectivity index (χ0n) is 12.7. The van der Waals surface area contributed by atoms with Crippen molar-refractivity contribution < 1.29 is 4.39 Å². The average Bonchev–Trinajstić information content (AvgIpc) is 2.38. The fraction of sp³-hybridized carbons (Fsp3) is 0.647. The van der Waals surface area contributed by atoms with Crippen LogP contribution < -0.4 is 11.1 Å². The van der Waals surface area contributed by atoms with Gasteiger partial charge >= 0.3 is 0 Å². The molecule has 0 aromatic heterocycles. The van der Waals surface area contributed by atoms with Crippen LogP contribution in [0.15, 0.2) is 24.3 Å². The Morgan fingerprint density at radius 2 is 2.25 bits per heavy atom. The van der Waals surface area contributed by atoms with Gasteiger partial charge in [0.1, 0.15) is 5.82 Å². The van der Waals surface area contributed by atoms with Gasteiger partial charge in [0.25, 0.3) is 0 Å². The van der Waals surface area contributed by atoms with Gasteiger partial charge in [-0.3, -0.25) is 0 Å². The van der Waals surface area contributed by atoms with Crippen molar-refractivity contribution in [3.63, 3.8) is 0 Å². The molecule has 0 bridgehead atoms. The number of halogens is 1. The van der Waals surface area contributed by atoms with Gasteiger partial charge in [0, 0.05) is 17.8 Å². The predicted octanol–water partition coefficient (Wildman–Crippen LogP) is 4.17. The summed E-state index contributed by atoms with van der Waals surface area (Å²) in [5, 5.41) is 3.52. The molecule has 2 rings (SSSR count). The van der Waals surface area contributed by atoms with E-state index in [-0.39, 0.29) is 11.4 Å². The molecule has 2 unspecified atom stereocenters. The molecule has 3 heteroatoms. The second-order valence-corrected chi connectivity index (χ2v) is 6.71. The molecule has 1 aliphatic carbocycles. The molecule has 1 aromatic rings. The van der Waals surface area contributed by atoms with Crippen LogP contribution in [0.3, 0.4) is 0 Å². The summed E-state index contributed by atoms with van der Waals surface area (Å²) in [6.07, 6.45) is 5.93. The monoisotopic (exact) mass is 278 g/mol. The molecule has 0 amide bonds. The Morgan fingerprint density at radius 1 is 1.45 bits per heavy atom. The topological polar surface area (TPSA) is 38.0 Å². The van der Waals surface area contributed by atoms with Crippen molar-refractivity contribution in [2.24, 2.45) is 17.6 Å². The third-order valence-electron chi connectivity index (χ3n) is 4.38. The molecule has 3 N–H and O–H groups in total. The van der Waals surface area contributed by atoms with Gasteiger partial charge < -0.3 is 11.1 Å². The fourth-order valence-electron chi connectivity index (χ4n) is 3.58. The number of anilines is 1. The highest BCUT2D eigenvalue weighted by atomic mass is 19.1. The Balaban J connectivity index is 2.08. The van der Waals surface area contributed by atoms with Crippen LogP contribution in [0.2, 0.25) is 0 Å². The van der Waals surface area contributed by atoms with Gasteiger partial charge in [-0.1, -0.05) is 32.8 Å². The van der Waals surface area contributed by atoms with Crippen molar-refractivity contribution in [3.8, 4) is 0 Å². The third kappa shape index (κ3) is 3.95. The maximum atomic E-state index is 13.3. The number of rotatable bonds is 5. The van der Waals surface area contributed by atoms with E-state index in [9.17, 15) is 4.39 Å². The first-order chi connectivity index (χ1) is 9.53. The number of hydrogen-bond acceptors (Lipinski definition) is 2. The molecule has 20 heavy (non-hydrogen) atoms. The molecule has 0 radical (unpaired) electrons. The van der Waals surface area contributed by atoms with Crippen molar-refractivity contribution in [1.29, 1.82) is 0 Å². The lowest BCUT2D eigenvalue weighted by Gasteiger charge is -2.42. The van der Waals surface area contributed by atoms with E-state index in [1.165, 1.54) is 25.3 Å². The molecule has 0 saturated heterocycles. The van der Waals surface area contributed by atoms with E-state index >= 15 is 0 Å². The number of nitrogens with one attached hydrogen (secondary N) is 1. The standard InChI is InChI=1S/C17H27FN2/c1-13(2)9-14-5-4-8-17(11-14,12-19)20-16-7-3-6-15(18)10-16/h3,6-7,10,13-14,20H,4-5,8-9,11-12,19H2,1-2H3. The summed E-state index contributed by atoms with van der Waals surface area (Å²) in [5.74, 6) is 1.26. The van der Waals surface area contributed by atoms with Crippen LogP contribution in [0.5, 0.6) is 0 Å². The van der Waals surface area contributed by atoms with Crippen LogP contribution in [0.4, 0.5) is 10.1 Å². The summed E-state index contributed by atoms with van der Waals surface area (Å²) in [4.78, 5) is 0. The first kappa shape index (κ1) is 15.3. The van der Waals surface area contributed by atoms with Crippen LogP contribution in [0.25, 0.3) is 0 Å². The van der Waals surface area contributed by atoms with Gasteiger partial charge in [-0.05, 0) is 49.3 Å². The summed E-state index contributed by atoms with van der Waals surface area (Å²) < 4.78 is 13.3. The molecule has 112 valence electrons. The Bertz CT molecular complexity index is 433. The van der Waals surface area contributed by atoms with Gasteiger partial charge in [-0.25, -0.2) is 4.39 Å². The lowest BCUT2D eigenvalue weighted by atomic mass is 9.73. The maximum Gasteiger partial charge on any atom is 0.125 e. The second-order valence-electron chi connectivity index (χ2n) is 6.71. The van der Waals surface area contributed by atoms with Crippen molar-refractivity contribution in [3.05, 3.63) is 30.1 Å². The van der Waals surface area contributed by atoms with Gasteiger partial charge in [-0.15, -0.1) is 0 Å². The van der Waals surface area contributed by atoms with Crippen LogP contribution in [0, 0.1) is 17.7 Å². The van der Waals surface area contributed by atoms with E-state index in [4.69, 9.17) is 5.73 Å². The zero-order chi connectivity index (χ0) is 14.6. The summed E-state index contributed by atoms with van der Waals surface area (Å²) in [6.45, 7) is 5.16. The Labute approximate surface area is 121 Å². The van der Waals surface area contributed by atoms with Crippen molar-refractivity contribution in [1.82, 2.24) is 0 Å². The second kappa shape index (κ2) is 6.57. The van der Waals surface area contributed by atoms with Crippen molar-refractivity contribution in [2.75, 3.05) is 11.9 Å². The normalized spacial score (nSPS) is 26.8. The maximum absolute atomic E-state index is 13.3. The largest absolute Gasteiger partial charge is 0.378 e. The highest BCUT2D eigenvalue weighted by molar-refractivity contribution is 5.46. The zero-order valence-corrected chi connectivity index (χ0v) is 12.7. The lowest BCUT2D eigenvalue weighted by molar-refractivity contribution is 0.222. The van der Waals surface area contributed by atoms with Crippen LogP contribution in [0.1, 0.15) is 46.0 Å². The fourth-order valence-corrected chi connectivity index (χ4v) is 3.58. The van der Waals surface area contributed by atoms with E-state index in [1.54, 1.807) is 12.1 Å². The lowest BCUT2D eigenvalue weighted by Crippen LogP contribution is -2.49. The van der Waals surface area contributed by atoms with Crippen LogP contribution in [-0.2, 0) is 0 Å². The quantitative estimate of drug-likeness (QED) is 0.848. The minimum atomic E-state index is -0.197. The third-order valence-corrected chi connectivity index (χ3v) is 4.38. The average molecular weight is 278 g/mol. The Morgan fingerprint density at radius 3 is 2.90 bits per heavy atom. The van der Waals surface area contributed by atoms with Gasteiger partial charge in [-0.2, -0.15) is 0 Å². The van der Waals surface area contributed by atoms with Crippen LogP contribution in [-0.4, -0.2) is 12.1 Å². The molecule has 1 fully saturated rings. The summed E-state index contributed by atoms with van der Waals surface area (Å²) in [6, 6.07) is 6.70. The molecular formula is C17H27FN2. The first-order valence-electron chi connectivity index (χ1n) is 7.77. The summed E-state index contributed by atoms with van der Waals surface area (Å²) in [7, 11) is 0. The SMILES string of the molecule is CC(C)CC1CCCC(CN)(Nc2cccc(F)c2)C1. The van der Waals surface area contributed by atoms with Crippen molar-refractivity contribution >= 4 is 5.69 Å². The molecule has 1 aromatic carbocycles. The first-order valence-corrected chi connectivity index (χ1v) is 7.77. The van der Waals surface area contributed by atoms with E-state index in [2.05, 4.69) is 19.2 Å². The van der Waals surface area contributed by atoms with Crippen molar-refractivity contribution in [2.45, 2.75) is 51.5 Å². The molecule has 1 saturated carbocycles. The predicted molar refractivity (Wildman–Crippen MR) is 83.2 cm³/mol. The minimum absolute atomic E-state index is 0.0639. The molecule has 0 heterocycles. The van der Waals surface area contributed by atoms with Gasteiger partial charge in [0.15, 0.2) is 0 Å². The number of nitrogens with two attached hydrogens (primary N) is 1. The minimum Gasteiger partial charge on any atom is -0.378 e. The van der Waals surface area contributed by atoms with Gasteiger partial charge in [0.2, 0.25) is 0 Å². The molecule has 1 aliphatic rings. The van der Waals surface area contributed by atoms with E-state index in [1.807, 2.05) is 6.07 Å². The highest BCUT2D eigenvalue weighted by Crippen LogP contribution is 2.37. The highest BCUT2D eigenvalue weighted by Gasteiger charge is 2.35.